The van der Waals surface area contributed by atoms with Gasteiger partial charge in [0.1, 0.15) is 6.10 Å². The van der Waals surface area contributed by atoms with Crippen molar-refractivity contribution in [3.8, 4) is 0 Å². The van der Waals surface area contributed by atoms with Crippen LogP contribution in [0.5, 0.6) is 0 Å². The molecule has 16 heavy (non-hydrogen) atoms. The lowest BCUT2D eigenvalue weighted by Gasteiger charge is -2.11. The molecule has 1 atom stereocenters. The lowest BCUT2D eigenvalue weighted by molar-refractivity contribution is -0.134. The van der Waals surface area contributed by atoms with Crippen molar-refractivity contribution >= 4 is 23.6 Å². The molecule has 0 heterocycles. The summed E-state index contributed by atoms with van der Waals surface area (Å²) in [6, 6.07) is 0. The Balaban J connectivity index is 3.49. The highest BCUT2D eigenvalue weighted by molar-refractivity contribution is 7.99. The first-order chi connectivity index (χ1) is 7.57. The minimum Gasteiger partial charge on any atom is -0.481 e. The second-order valence-corrected chi connectivity index (χ2v) is 4.11. The Hall–Kier alpha value is -1.01. The van der Waals surface area contributed by atoms with E-state index in [1.807, 2.05) is 0 Å². The van der Waals surface area contributed by atoms with Gasteiger partial charge in [-0.2, -0.15) is 0 Å². The number of carbonyl (C=O) groups excluding carboxylic acids is 1. The van der Waals surface area contributed by atoms with E-state index in [-0.39, 0.29) is 11.7 Å². The second-order valence-electron chi connectivity index (χ2n) is 3.00. The number of rotatable bonds is 9. The third-order valence-electron chi connectivity index (χ3n) is 1.60. The van der Waals surface area contributed by atoms with Crippen molar-refractivity contribution in [2.45, 2.75) is 13.0 Å². The van der Waals surface area contributed by atoms with Crippen LogP contribution in [0.2, 0.25) is 0 Å². The molecule has 2 N–H and O–H groups in total. The lowest BCUT2D eigenvalue weighted by Crippen LogP contribution is -2.35. The zero-order chi connectivity index (χ0) is 12.4. The summed E-state index contributed by atoms with van der Waals surface area (Å²) in [5.74, 6) is -0.415. The largest absolute Gasteiger partial charge is 0.481 e. The molecule has 0 fully saturated rings. The Morgan fingerprint density at radius 1 is 1.62 bits per heavy atom. The summed E-state index contributed by atoms with van der Waals surface area (Å²) in [4.78, 5) is 21.5. The molecule has 0 aliphatic carbocycles. The highest BCUT2D eigenvalue weighted by atomic mass is 32.2. The zero-order valence-electron chi connectivity index (χ0n) is 9.27. The predicted octanol–water partition coefficient (Wildman–Crippen LogP) is 0.512. The van der Waals surface area contributed by atoms with Crippen LogP contribution < -0.4 is 5.32 Å². The Labute approximate surface area is 99.2 Å². The van der Waals surface area contributed by atoms with Gasteiger partial charge >= 0.3 is 5.97 Å². The fourth-order valence-corrected chi connectivity index (χ4v) is 1.40. The number of nitrogens with one attached hydrogen (secondary N) is 1. The third kappa shape index (κ3) is 8.31. The van der Waals surface area contributed by atoms with E-state index >= 15 is 0 Å². The molecule has 0 bridgehead atoms. The summed E-state index contributed by atoms with van der Waals surface area (Å²) in [7, 11) is 0. The standard InChI is InChI=1S/C10H17NO4S/c1-3-5-15-8(2)10(14)11-4-6-16-7-9(12)13/h3,8H,1,4-7H2,2H3,(H,11,14)(H,12,13). The van der Waals surface area contributed by atoms with Crippen molar-refractivity contribution in [3.05, 3.63) is 12.7 Å². The molecule has 1 amide bonds. The van der Waals surface area contributed by atoms with Gasteiger partial charge in [0.15, 0.2) is 0 Å². The fraction of sp³-hybridized carbons (Fsp3) is 0.600. The van der Waals surface area contributed by atoms with E-state index in [2.05, 4.69) is 11.9 Å². The molecule has 5 nitrogen and oxygen atoms in total. The summed E-state index contributed by atoms with van der Waals surface area (Å²) in [6.45, 7) is 5.91. The molecule has 0 spiro atoms. The van der Waals surface area contributed by atoms with Crippen LogP contribution in [0.15, 0.2) is 12.7 Å². The quantitative estimate of drug-likeness (QED) is 0.458. The average Bonchev–Trinajstić information content (AvgIpc) is 2.24. The van der Waals surface area contributed by atoms with Crippen LogP contribution >= 0.6 is 11.8 Å². The van der Waals surface area contributed by atoms with Gasteiger partial charge < -0.3 is 15.2 Å². The van der Waals surface area contributed by atoms with Gasteiger partial charge in [-0.15, -0.1) is 18.3 Å². The molecule has 0 aliphatic rings. The molecule has 0 aromatic carbocycles. The molecule has 1 unspecified atom stereocenters. The summed E-state index contributed by atoms with van der Waals surface area (Å²) in [5.41, 5.74) is 0. The van der Waals surface area contributed by atoms with E-state index in [0.717, 1.165) is 0 Å². The first kappa shape index (κ1) is 15.0. The third-order valence-corrected chi connectivity index (χ3v) is 2.55. The van der Waals surface area contributed by atoms with Crippen LogP contribution in [0.1, 0.15) is 6.92 Å². The minimum absolute atomic E-state index is 0.0540. The van der Waals surface area contributed by atoms with Crippen LogP contribution in [0.4, 0.5) is 0 Å². The summed E-state index contributed by atoms with van der Waals surface area (Å²) < 4.78 is 5.12. The molecule has 0 aromatic heterocycles. The van der Waals surface area contributed by atoms with Crippen molar-refractivity contribution in [1.29, 1.82) is 0 Å². The number of thioether (sulfide) groups is 1. The van der Waals surface area contributed by atoms with Gasteiger partial charge in [0.25, 0.3) is 0 Å². The van der Waals surface area contributed by atoms with Crippen molar-refractivity contribution in [2.24, 2.45) is 0 Å². The van der Waals surface area contributed by atoms with Gasteiger partial charge in [-0.3, -0.25) is 9.59 Å². The Kier molecular flexibility index (Phi) is 8.65. The van der Waals surface area contributed by atoms with Crippen molar-refractivity contribution in [2.75, 3.05) is 24.7 Å². The average molecular weight is 247 g/mol. The van der Waals surface area contributed by atoms with Crippen molar-refractivity contribution < 1.29 is 19.4 Å². The number of hydrogen-bond acceptors (Lipinski definition) is 4. The van der Waals surface area contributed by atoms with E-state index in [1.54, 1.807) is 13.0 Å². The van der Waals surface area contributed by atoms with E-state index in [0.29, 0.717) is 18.9 Å². The topological polar surface area (TPSA) is 75.6 Å². The molecule has 6 heteroatoms. The lowest BCUT2D eigenvalue weighted by atomic mass is 10.4. The molecule has 92 valence electrons. The highest BCUT2D eigenvalue weighted by Crippen LogP contribution is 1.97. The fourth-order valence-electron chi connectivity index (χ4n) is 0.838. The molecule has 0 saturated carbocycles. The monoisotopic (exact) mass is 247 g/mol. The second kappa shape index (κ2) is 9.23. The smallest absolute Gasteiger partial charge is 0.313 e. The van der Waals surface area contributed by atoms with Crippen LogP contribution in [0.3, 0.4) is 0 Å². The maximum atomic E-state index is 11.3. The maximum Gasteiger partial charge on any atom is 0.313 e. The van der Waals surface area contributed by atoms with Crippen LogP contribution in [0, 0.1) is 0 Å². The summed E-state index contributed by atoms with van der Waals surface area (Å²) in [5, 5.41) is 11.0. The number of hydrogen-bond donors (Lipinski definition) is 2. The maximum absolute atomic E-state index is 11.3. The molecular weight excluding hydrogens is 230 g/mol. The number of carboxylic acids is 1. The SMILES string of the molecule is C=CCOC(C)C(=O)NCCSCC(=O)O. The molecule has 0 radical (unpaired) electrons. The normalized spacial score (nSPS) is 11.8. The summed E-state index contributed by atoms with van der Waals surface area (Å²) >= 11 is 1.26. The van der Waals surface area contributed by atoms with Crippen molar-refractivity contribution in [1.82, 2.24) is 5.32 Å². The Morgan fingerprint density at radius 3 is 2.88 bits per heavy atom. The zero-order valence-corrected chi connectivity index (χ0v) is 10.1. The Bertz CT molecular complexity index is 245. The van der Waals surface area contributed by atoms with Gasteiger partial charge in [0, 0.05) is 12.3 Å². The van der Waals surface area contributed by atoms with Gasteiger partial charge in [0.2, 0.25) is 5.91 Å². The first-order valence-electron chi connectivity index (χ1n) is 4.87. The molecule has 0 rings (SSSR count). The first-order valence-corrected chi connectivity index (χ1v) is 6.03. The number of carboxylic acid groups (broad SMARTS) is 1. The molecule has 0 aliphatic heterocycles. The van der Waals surface area contributed by atoms with Gasteiger partial charge in [-0.25, -0.2) is 0 Å². The number of amides is 1. The highest BCUT2D eigenvalue weighted by Gasteiger charge is 2.11. The van der Waals surface area contributed by atoms with Gasteiger partial charge in [-0.1, -0.05) is 6.08 Å². The van der Waals surface area contributed by atoms with Crippen LogP contribution in [-0.4, -0.2) is 47.7 Å². The van der Waals surface area contributed by atoms with E-state index in [1.165, 1.54) is 11.8 Å². The van der Waals surface area contributed by atoms with Crippen LogP contribution in [0.25, 0.3) is 0 Å². The number of ether oxygens (including phenoxy) is 1. The minimum atomic E-state index is -0.848. The Morgan fingerprint density at radius 2 is 2.31 bits per heavy atom. The van der Waals surface area contributed by atoms with E-state index in [9.17, 15) is 9.59 Å². The number of aliphatic carboxylic acids is 1. The van der Waals surface area contributed by atoms with E-state index in [4.69, 9.17) is 9.84 Å². The van der Waals surface area contributed by atoms with Gasteiger partial charge in [0.05, 0.1) is 12.4 Å². The summed E-state index contributed by atoms with van der Waals surface area (Å²) in [6.07, 6.45) is 1.06. The molecule has 0 saturated heterocycles. The van der Waals surface area contributed by atoms with Crippen molar-refractivity contribution in [3.63, 3.8) is 0 Å². The van der Waals surface area contributed by atoms with E-state index < -0.39 is 12.1 Å². The predicted molar refractivity (Wildman–Crippen MR) is 63.6 cm³/mol. The van der Waals surface area contributed by atoms with Crippen LogP contribution in [-0.2, 0) is 14.3 Å². The van der Waals surface area contributed by atoms with Gasteiger partial charge in [-0.05, 0) is 6.92 Å². The molecular formula is C10H17NO4S. The number of carbonyl (C=O) groups is 2. The molecule has 0 aromatic rings.